The summed E-state index contributed by atoms with van der Waals surface area (Å²) in [6, 6.07) is 3.59. The van der Waals surface area contributed by atoms with Gasteiger partial charge in [-0.1, -0.05) is 26.3 Å². The maximum absolute atomic E-state index is 13.1. The highest BCUT2D eigenvalue weighted by Gasteiger charge is 2.14. The molecule has 0 aliphatic heterocycles. The maximum atomic E-state index is 13.1. The van der Waals surface area contributed by atoms with Gasteiger partial charge in [0, 0.05) is 24.7 Å². The van der Waals surface area contributed by atoms with Crippen LogP contribution in [0.15, 0.2) is 18.2 Å². The smallest absolute Gasteiger partial charge is 0.129 e. The second kappa shape index (κ2) is 9.07. The van der Waals surface area contributed by atoms with Crippen molar-refractivity contribution >= 4 is 0 Å². The third-order valence-corrected chi connectivity index (χ3v) is 2.07. The van der Waals surface area contributed by atoms with E-state index >= 15 is 0 Å². The van der Waals surface area contributed by atoms with E-state index in [-0.39, 0.29) is 25.2 Å². The molecule has 2 N–H and O–H groups in total. The molecule has 2 nitrogen and oxygen atoms in total. The van der Waals surface area contributed by atoms with Gasteiger partial charge < -0.3 is 10.2 Å². The van der Waals surface area contributed by atoms with Crippen molar-refractivity contribution in [1.29, 1.82) is 0 Å². The third kappa shape index (κ3) is 5.75. The molecule has 0 aliphatic carbocycles. The molecular formula is C13H20F2O2. The molecule has 0 spiro atoms. The lowest BCUT2D eigenvalue weighted by molar-refractivity contribution is 0.148. The number of halogens is 2. The van der Waals surface area contributed by atoms with Crippen molar-refractivity contribution in [2.24, 2.45) is 5.92 Å². The van der Waals surface area contributed by atoms with E-state index in [1.807, 2.05) is 0 Å². The van der Waals surface area contributed by atoms with E-state index in [2.05, 4.69) is 13.8 Å². The second-order valence-electron chi connectivity index (χ2n) is 3.84. The fourth-order valence-corrected chi connectivity index (χ4v) is 1.20. The van der Waals surface area contributed by atoms with Crippen LogP contribution in [0.1, 0.15) is 25.8 Å². The molecule has 1 aromatic carbocycles. The standard InChI is InChI=1S/C10H12F2O2.C3H8/c11-9-2-1-3-10(12)8(9)4-7(5-13)6-14;1-3-2/h1-3,7,13-14H,4-6H2;3H2,1-2H3. The third-order valence-electron chi connectivity index (χ3n) is 2.07. The molecule has 0 heterocycles. The number of rotatable bonds is 4. The van der Waals surface area contributed by atoms with Crippen LogP contribution in [0, 0.1) is 17.6 Å². The maximum Gasteiger partial charge on any atom is 0.129 e. The average Bonchev–Trinajstić information content (AvgIpc) is 2.30. The van der Waals surface area contributed by atoms with Gasteiger partial charge in [-0.2, -0.15) is 0 Å². The monoisotopic (exact) mass is 246 g/mol. The van der Waals surface area contributed by atoms with Gasteiger partial charge in [-0.25, -0.2) is 8.78 Å². The van der Waals surface area contributed by atoms with Crippen LogP contribution in [-0.4, -0.2) is 23.4 Å². The van der Waals surface area contributed by atoms with E-state index in [1.54, 1.807) is 0 Å². The Kier molecular flexibility index (Phi) is 8.54. The lowest BCUT2D eigenvalue weighted by Gasteiger charge is -2.11. The van der Waals surface area contributed by atoms with Crippen LogP contribution in [-0.2, 0) is 6.42 Å². The summed E-state index contributed by atoms with van der Waals surface area (Å²) in [5.41, 5.74) is -0.0828. The molecule has 0 amide bonds. The zero-order chi connectivity index (χ0) is 13.3. The zero-order valence-electron chi connectivity index (χ0n) is 10.3. The minimum Gasteiger partial charge on any atom is -0.396 e. The molecule has 4 heteroatoms. The summed E-state index contributed by atoms with van der Waals surface area (Å²) in [4.78, 5) is 0. The lowest BCUT2D eigenvalue weighted by atomic mass is 10.00. The minimum absolute atomic E-state index is 0.00546. The van der Waals surface area contributed by atoms with E-state index < -0.39 is 17.6 Å². The number of hydrogen-bond acceptors (Lipinski definition) is 2. The first-order chi connectivity index (χ1) is 8.10. The summed E-state index contributed by atoms with van der Waals surface area (Å²) < 4.78 is 26.2. The molecule has 17 heavy (non-hydrogen) atoms. The second-order valence-corrected chi connectivity index (χ2v) is 3.84. The Morgan fingerprint density at radius 3 is 1.82 bits per heavy atom. The number of aliphatic hydroxyl groups is 2. The summed E-state index contributed by atoms with van der Waals surface area (Å²) in [5, 5.41) is 17.5. The Hall–Kier alpha value is -1.00. The largest absolute Gasteiger partial charge is 0.396 e. The summed E-state index contributed by atoms with van der Waals surface area (Å²) >= 11 is 0. The van der Waals surface area contributed by atoms with Crippen molar-refractivity contribution in [1.82, 2.24) is 0 Å². The van der Waals surface area contributed by atoms with E-state index in [1.165, 1.54) is 12.5 Å². The summed E-state index contributed by atoms with van der Waals surface area (Å²) in [6.07, 6.45) is 1.26. The van der Waals surface area contributed by atoms with Crippen LogP contribution in [0.4, 0.5) is 8.78 Å². The molecule has 98 valence electrons. The first kappa shape index (κ1) is 16.0. The minimum atomic E-state index is -0.642. The molecule has 0 saturated heterocycles. The molecule has 0 aromatic heterocycles. The van der Waals surface area contributed by atoms with E-state index in [9.17, 15) is 8.78 Å². The molecule has 0 fully saturated rings. The SMILES string of the molecule is CCC.OCC(CO)Cc1c(F)cccc1F. The van der Waals surface area contributed by atoms with Crippen molar-refractivity contribution < 1.29 is 19.0 Å². The van der Waals surface area contributed by atoms with Gasteiger partial charge in [0.15, 0.2) is 0 Å². The van der Waals surface area contributed by atoms with Crippen molar-refractivity contribution in [2.45, 2.75) is 26.7 Å². The fraction of sp³-hybridized carbons (Fsp3) is 0.538. The molecule has 1 rings (SSSR count). The molecule has 0 radical (unpaired) electrons. The Balaban J connectivity index is 0.000000770. The average molecular weight is 246 g/mol. The highest BCUT2D eigenvalue weighted by atomic mass is 19.1. The predicted molar refractivity (Wildman–Crippen MR) is 63.7 cm³/mol. The van der Waals surface area contributed by atoms with Crippen LogP contribution in [0.25, 0.3) is 0 Å². The number of aliphatic hydroxyl groups excluding tert-OH is 2. The molecule has 0 unspecified atom stereocenters. The zero-order valence-corrected chi connectivity index (χ0v) is 10.3. The van der Waals surface area contributed by atoms with Crippen LogP contribution in [0.5, 0.6) is 0 Å². The summed E-state index contributed by atoms with van der Waals surface area (Å²) in [6.45, 7) is 3.68. The van der Waals surface area contributed by atoms with Gasteiger partial charge in [0.1, 0.15) is 11.6 Å². The normalized spacial score (nSPS) is 10.1. The van der Waals surface area contributed by atoms with Gasteiger partial charge in [0.05, 0.1) is 0 Å². The van der Waals surface area contributed by atoms with Crippen molar-refractivity contribution in [3.8, 4) is 0 Å². The molecule has 0 atom stereocenters. The Labute approximate surface area is 101 Å². The van der Waals surface area contributed by atoms with Gasteiger partial charge in [0.2, 0.25) is 0 Å². The van der Waals surface area contributed by atoms with Gasteiger partial charge in [-0.15, -0.1) is 0 Å². The topological polar surface area (TPSA) is 40.5 Å². The molecular weight excluding hydrogens is 226 g/mol. The molecule has 0 saturated carbocycles. The van der Waals surface area contributed by atoms with Gasteiger partial charge in [-0.3, -0.25) is 0 Å². The molecule has 0 bridgehead atoms. The van der Waals surface area contributed by atoms with Crippen molar-refractivity contribution in [3.05, 3.63) is 35.4 Å². The van der Waals surface area contributed by atoms with Crippen LogP contribution in [0.3, 0.4) is 0 Å². The number of hydrogen-bond donors (Lipinski definition) is 2. The van der Waals surface area contributed by atoms with Crippen molar-refractivity contribution in [2.75, 3.05) is 13.2 Å². The number of benzene rings is 1. The van der Waals surface area contributed by atoms with Crippen LogP contribution in [0.2, 0.25) is 0 Å². The van der Waals surface area contributed by atoms with Crippen LogP contribution < -0.4 is 0 Å². The predicted octanol–water partition coefficient (Wildman–Crippen LogP) is 2.52. The molecule has 0 aliphatic rings. The highest BCUT2D eigenvalue weighted by Crippen LogP contribution is 2.16. The first-order valence-electron chi connectivity index (χ1n) is 5.75. The fourth-order valence-electron chi connectivity index (χ4n) is 1.20. The quantitative estimate of drug-likeness (QED) is 0.857. The molecule has 1 aromatic rings. The van der Waals surface area contributed by atoms with Gasteiger partial charge in [-0.05, 0) is 18.6 Å². The Bertz CT molecular complexity index is 292. The summed E-state index contributed by atoms with van der Waals surface area (Å²) in [7, 11) is 0. The highest BCUT2D eigenvalue weighted by molar-refractivity contribution is 5.20. The van der Waals surface area contributed by atoms with E-state index in [0.29, 0.717) is 0 Å². The van der Waals surface area contributed by atoms with Gasteiger partial charge in [0.25, 0.3) is 0 Å². The Morgan fingerprint density at radius 2 is 1.47 bits per heavy atom. The van der Waals surface area contributed by atoms with Crippen molar-refractivity contribution in [3.63, 3.8) is 0 Å². The Morgan fingerprint density at radius 1 is 1.06 bits per heavy atom. The van der Waals surface area contributed by atoms with Crippen LogP contribution >= 0.6 is 0 Å². The van der Waals surface area contributed by atoms with E-state index in [0.717, 1.165) is 12.1 Å². The van der Waals surface area contributed by atoms with Gasteiger partial charge >= 0.3 is 0 Å². The van der Waals surface area contributed by atoms with E-state index in [4.69, 9.17) is 10.2 Å². The summed E-state index contributed by atoms with van der Waals surface area (Å²) in [5.74, 6) is -1.80. The first-order valence-corrected chi connectivity index (χ1v) is 5.75. The lowest BCUT2D eigenvalue weighted by Crippen LogP contribution is -2.15.